The molecule has 0 aliphatic carbocycles. The van der Waals surface area contributed by atoms with Gasteiger partial charge in [0.1, 0.15) is 11.4 Å². The molecule has 0 atom stereocenters. The van der Waals surface area contributed by atoms with Crippen molar-refractivity contribution in [2.45, 2.75) is 9.24 Å². The number of sulfonamides is 1. The zero-order chi connectivity index (χ0) is 22.9. The SMILES string of the molecule is O=C(CN1C(=O)c2ccccc2S1(=O)=O)Nc1nnc(SCC(=O)c2ccc(Cl)cc2)s1. The van der Waals surface area contributed by atoms with Crippen LogP contribution in [-0.2, 0) is 14.8 Å². The molecule has 0 saturated carbocycles. The molecular formula is C19H13ClN4O5S3. The number of nitrogens with one attached hydrogen (secondary N) is 1. The van der Waals surface area contributed by atoms with Crippen LogP contribution in [0, 0.1) is 0 Å². The molecule has 164 valence electrons. The molecule has 2 amide bonds. The number of hydrogen-bond acceptors (Lipinski definition) is 9. The van der Waals surface area contributed by atoms with E-state index in [1.54, 1.807) is 30.3 Å². The summed E-state index contributed by atoms with van der Waals surface area (Å²) >= 11 is 7.99. The Kier molecular flexibility index (Phi) is 6.29. The number of fused-ring (bicyclic) bond motifs is 1. The topological polar surface area (TPSA) is 126 Å². The number of rotatable bonds is 7. The summed E-state index contributed by atoms with van der Waals surface area (Å²) in [5.41, 5.74) is 0.540. The van der Waals surface area contributed by atoms with Gasteiger partial charge in [-0.2, -0.15) is 0 Å². The monoisotopic (exact) mass is 508 g/mol. The molecule has 1 N–H and O–H groups in total. The lowest BCUT2D eigenvalue weighted by atomic mass is 10.1. The largest absolute Gasteiger partial charge is 0.299 e. The zero-order valence-corrected chi connectivity index (χ0v) is 19.2. The highest BCUT2D eigenvalue weighted by Gasteiger charge is 2.41. The minimum absolute atomic E-state index is 0.0280. The fourth-order valence-corrected chi connectivity index (χ4v) is 6.16. The predicted octanol–water partition coefficient (Wildman–Crippen LogP) is 2.95. The van der Waals surface area contributed by atoms with Crippen LogP contribution in [0.5, 0.6) is 0 Å². The van der Waals surface area contributed by atoms with Gasteiger partial charge in [0.2, 0.25) is 11.0 Å². The van der Waals surface area contributed by atoms with E-state index in [2.05, 4.69) is 15.5 Å². The lowest BCUT2D eigenvalue weighted by molar-refractivity contribution is -0.116. The van der Waals surface area contributed by atoms with Crippen LogP contribution in [0.15, 0.2) is 57.8 Å². The van der Waals surface area contributed by atoms with Crippen molar-refractivity contribution in [1.29, 1.82) is 0 Å². The normalized spacial score (nSPS) is 14.3. The molecule has 2 heterocycles. The van der Waals surface area contributed by atoms with Crippen molar-refractivity contribution < 1.29 is 22.8 Å². The van der Waals surface area contributed by atoms with Gasteiger partial charge in [0.25, 0.3) is 15.9 Å². The van der Waals surface area contributed by atoms with Crippen molar-refractivity contribution in [1.82, 2.24) is 14.5 Å². The molecule has 0 unspecified atom stereocenters. The summed E-state index contributed by atoms with van der Waals surface area (Å²) in [6.45, 7) is -0.688. The molecule has 32 heavy (non-hydrogen) atoms. The predicted molar refractivity (Wildman–Crippen MR) is 120 cm³/mol. The Morgan fingerprint density at radius 3 is 2.53 bits per heavy atom. The smallest absolute Gasteiger partial charge is 0.269 e. The third-order valence-electron chi connectivity index (χ3n) is 4.34. The second kappa shape index (κ2) is 8.98. The number of ketones is 1. The molecule has 4 rings (SSSR count). The highest BCUT2D eigenvalue weighted by molar-refractivity contribution is 8.01. The highest BCUT2D eigenvalue weighted by atomic mass is 35.5. The van der Waals surface area contributed by atoms with E-state index in [1.807, 2.05) is 0 Å². The number of benzene rings is 2. The van der Waals surface area contributed by atoms with E-state index in [1.165, 1.54) is 18.2 Å². The van der Waals surface area contributed by atoms with Crippen molar-refractivity contribution >= 4 is 67.5 Å². The van der Waals surface area contributed by atoms with Gasteiger partial charge in [-0.15, -0.1) is 10.2 Å². The Balaban J connectivity index is 1.35. The van der Waals surface area contributed by atoms with Gasteiger partial charge < -0.3 is 0 Å². The Morgan fingerprint density at radius 2 is 1.81 bits per heavy atom. The third kappa shape index (κ3) is 4.53. The average molecular weight is 509 g/mol. The van der Waals surface area contributed by atoms with Crippen molar-refractivity contribution in [2.24, 2.45) is 0 Å². The van der Waals surface area contributed by atoms with Gasteiger partial charge in [0, 0.05) is 10.6 Å². The number of hydrogen-bond donors (Lipinski definition) is 1. The highest BCUT2D eigenvalue weighted by Crippen LogP contribution is 2.30. The van der Waals surface area contributed by atoms with Crippen LogP contribution in [0.25, 0.3) is 0 Å². The molecule has 1 aliphatic heterocycles. The van der Waals surface area contributed by atoms with Gasteiger partial charge in [-0.05, 0) is 36.4 Å². The number of carbonyl (C=O) groups is 3. The van der Waals surface area contributed by atoms with Crippen LogP contribution in [0.1, 0.15) is 20.7 Å². The minimum atomic E-state index is -4.08. The van der Waals surface area contributed by atoms with E-state index < -0.39 is 28.4 Å². The molecular weight excluding hydrogens is 496 g/mol. The molecule has 0 saturated heterocycles. The van der Waals surface area contributed by atoms with E-state index >= 15 is 0 Å². The Morgan fingerprint density at radius 1 is 1.09 bits per heavy atom. The number of amides is 2. The van der Waals surface area contributed by atoms with Crippen LogP contribution in [0.4, 0.5) is 5.13 Å². The fraction of sp³-hybridized carbons (Fsp3) is 0.105. The van der Waals surface area contributed by atoms with Crippen LogP contribution in [0.3, 0.4) is 0 Å². The van der Waals surface area contributed by atoms with Gasteiger partial charge in [-0.25, -0.2) is 12.7 Å². The standard InChI is InChI=1S/C19H13ClN4O5S3/c20-12-7-5-11(6-8-12)14(25)10-30-19-23-22-18(31-19)21-16(26)9-24-17(27)13-3-1-2-4-15(13)32(24,28)29/h1-8H,9-10H2,(H,21,22,26). The maximum Gasteiger partial charge on any atom is 0.269 e. The summed E-state index contributed by atoms with van der Waals surface area (Å²) < 4.78 is 26.0. The first-order valence-corrected chi connectivity index (χ1v) is 12.6. The number of aromatic nitrogens is 2. The quantitative estimate of drug-likeness (QED) is 0.293. The molecule has 1 aliphatic rings. The molecule has 0 fully saturated rings. The maximum absolute atomic E-state index is 12.5. The van der Waals surface area contributed by atoms with Crippen LogP contribution in [0.2, 0.25) is 5.02 Å². The molecule has 0 spiro atoms. The van der Waals surface area contributed by atoms with E-state index in [0.717, 1.165) is 23.1 Å². The summed E-state index contributed by atoms with van der Waals surface area (Å²) in [6.07, 6.45) is 0. The first-order chi connectivity index (χ1) is 15.3. The molecule has 2 aromatic carbocycles. The van der Waals surface area contributed by atoms with Gasteiger partial charge in [-0.1, -0.05) is 46.8 Å². The summed E-state index contributed by atoms with van der Waals surface area (Å²) in [6, 6.07) is 12.3. The number of anilines is 1. The lowest BCUT2D eigenvalue weighted by Crippen LogP contribution is -2.37. The van der Waals surface area contributed by atoms with Crippen molar-refractivity contribution in [3.63, 3.8) is 0 Å². The van der Waals surface area contributed by atoms with Gasteiger partial charge in [-0.3, -0.25) is 19.7 Å². The van der Waals surface area contributed by atoms with Crippen LogP contribution < -0.4 is 5.32 Å². The number of thioether (sulfide) groups is 1. The van der Waals surface area contributed by atoms with Gasteiger partial charge >= 0.3 is 0 Å². The first kappa shape index (κ1) is 22.4. The van der Waals surface area contributed by atoms with E-state index in [4.69, 9.17) is 11.6 Å². The number of halogens is 1. The van der Waals surface area contributed by atoms with Crippen molar-refractivity contribution in [3.05, 3.63) is 64.7 Å². The molecule has 0 radical (unpaired) electrons. The lowest BCUT2D eigenvalue weighted by Gasteiger charge is -2.13. The fourth-order valence-electron chi connectivity index (χ4n) is 2.84. The Bertz CT molecular complexity index is 1320. The Labute approximate surface area is 195 Å². The molecule has 3 aromatic rings. The molecule has 13 heteroatoms. The number of nitrogens with zero attached hydrogens (tertiary/aromatic N) is 3. The zero-order valence-electron chi connectivity index (χ0n) is 16.0. The maximum atomic E-state index is 12.5. The molecule has 1 aromatic heterocycles. The molecule has 9 nitrogen and oxygen atoms in total. The van der Waals surface area contributed by atoms with E-state index in [9.17, 15) is 22.8 Å². The second-order valence-corrected chi connectivity index (χ2v) is 10.9. The average Bonchev–Trinajstić information content (AvgIpc) is 3.29. The summed E-state index contributed by atoms with van der Waals surface area (Å²) in [7, 11) is -4.08. The van der Waals surface area contributed by atoms with Crippen molar-refractivity contribution in [3.8, 4) is 0 Å². The first-order valence-electron chi connectivity index (χ1n) is 8.97. The van der Waals surface area contributed by atoms with Crippen LogP contribution in [-0.4, -0.2) is 52.8 Å². The van der Waals surface area contributed by atoms with Crippen molar-refractivity contribution in [2.75, 3.05) is 17.6 Å². The van der Waals surface area contributed by atoms with Gasteiger partial charge in [0.05, 0.1) is 11.3 Å². The second-order valence-electron chi connectivity index (χ2n) is 6.45. The summed E-state index contributed by atoms with van der Waals surface area (Å²) in [5, 5.41) is 10.8. The van der Waals surface area contributed by atoms with E-state index in [0.29, 0.717) is 19.2 Å². The summed E-state index contributed by atoms with van der Waals surface area (Å²) in [5.74, 6) is -1.50. The summed E-state index contributed by atoms with van der Waals surface area (Å²) in [4.78, 5) is 36.8. The third-order valence-corrected chi connectivity index (χ3v) is 8.36. The van der Waals surface area contributed by atoms with Crippen LogP contribution >= 0.6 is 34.7 Å². The molecule has 0 bridgehead atoms. The number of carbonyl (C=O) groups excluding carboxylic acids is 3. The van der Waals surface area contributed by atoms with Gasteiger partial charge in [0.15, 0.2) is 10.1 Å². The Hall–Kier alpha value is -2.80. The number of Topliss-reactive ketones (excluding diaryl/α,β-unsaturated/α-hetero) is 1. The van der Waals surface area contributed by atoms with E-state index in [-0.39, 0.29) is 27.1 Å². The minimum Gasteiger partial charge on any atom is -0.299 e.